The maximum absolute atomic E-state index is 13.1. The van der Waals surface area contributed by atoms with Gasteiger partial charge in [0.25, 0.3) is 0 Å². The molecule has 1 amide bonds. The number of carbonyl (C=O) groups is 2. The van der Waals surface area contributed by atoms with Crippen molar-refractivity contribution in [1.29, 1.82) is 0 Å². The van der Waals surface area contributed by atoms with Crippen LogP contribution in [0.25, 0.3) is 0 Å². The van der Waals surface area contributed by atoms with Crippen molar-refractivity contribution in [2.45, 2.75) is 17.4 Å². The molecule has 3 rings (SSSR count). The van der Waals surface area contributed by atoms with Gasteiger partial charge in [-0.1, -0.05) is 41.9 Å². The van der Waals surface area contributed by atoms with Crippen LogP contribution >= 0.6 is 11.6 Å². The maximum atomic E-state index is 13.1. The van der Waals surface area contributed by atoms with E-state index in [4.69, 9.17) is 16.3 Å². The van der Waals surface area contributed by atoms with Crippen LogP contribution in [0.15, 0.2) is 77.7 Å². The van der Waals surface area contributed by atoms with Crippen LogP contribution in [-0.4, -0.2) is 40.6 Å². The van der Waals surface area contributed by atoms with Gasteiger partial charge in [0.2, 0.25) is 15.9 Å². The Balaban J connectivity index is 1.85. The molecule has 0 aliphatic rings. The number of amides is 1. The summed E-state index contributed by atoms with van der Waals surface area (Å²) >= 11 is 6.09. The number of methoxy groups -OCH3 is 2. The van der Waals surface area contributed by atoms with Crippen LogP contribution in [0.3, 0.4) is 0 Å². The molecule has 1 atom stereocenters. The van der Waals surface area contributed by atoms with E-state index in [1.807, 2.05) is 6.07 Å². The molecule has 178 valence electrons. The molecule has 0 radical (unpaired) electrons. The molecule has 0 aliphatic heterocycles. The van der Waals surface area contributed by atoms with Crippen molar-refractivity contribution < 1.29 is 27.5 Å². The summed E-state index contributed by atoms with van der Waals surface area (Å²) in [7, 11) is -1.40. The van der Waals surface area contributed by atoms with Crippen LogP contribution in [0.4, 0.5) is 5.69 Å². The second kappa shape index (κ2) is 11.1. The molecule has 0 saturated carbocycles. The minimum atomic E-state index is -4.10. The fourth-order valence-corrected chi connectivity index (χ4v) is 4.69. The number of hydrogen-bond acceptors (Lipinski definition) is 6. The van der Waals surface area contributed by atoms with Crippen molar-refractivity contribution in [1.82, 2.24) is 4.72 Å². The van der Waals surface area contributed by atoms with E-state index in [1.165, 1.54) is 56.7 Å². The summed E-state index contributed by atoms with van der Waals surface area (Å²) in [5.41, 5.74) is 1.47. The fraction of sp³-hybridized carbons (Fsp3) is 0.167. The standard InChI is InChI=1S/C24H23ClN2O6S/c1-32-22-13-12-19(15-20(22)25)34(30,31)27-21(14-16-6-4-3-5-7-16)23(28)26-18-10-8-17(9-11-18)24(29)33-2/h3-13,15,21,27H,14H2,1-2H3,(H,26,28)/t21-/m0/s1. The molecule has 0 aliphatic carbocycles. The average Bonchev–Trinajstić information content (AvgIpc) is 2.84. The largest absolute Gasteiger partial charge is 0.495 e. The predicted octanol–water partition coefficient (Wildman–Crippen LogP) is 3.66. The number of benzene rings is 3. The Morgan fingerprint density at radius 3 is 2.24 bits per heavy atom. The topological polar surface area (TPSA) is 111 Å². The summed E-state index contributed by atoms with van der Waals surface area (Å²) in [5.74, 6) is -0.752. The van der Waals surface area contributed by atoms with Crippen molar-refractivity contribution in [2.24, 2.45) is 0 Å². The van der Waals surface area contributed by atoms with Gasteiger partial charge in [0, 0.05) is 5.69 Å². The van der Waals surface area contributed by atoms with Gasteiger partial charge in [-0.25, -0.2) is 13.2 Å². The SMILES string of the molecule is COC(=O)c1ccc(NC(=O)[C@H](Cc2ccccc2)NS(=O)(=O)c2ccc(OC)c(Cl)c2)cc1. The number of halogens is 1. The third-order valence-corrected chi connectivity index (χ3v) is 6.67. The van der Waals surface area contributed by atoms with Crippen LogP contribution < -0.4 is 14.8 Å². The van der Waals surface area contributed by atoms with Crippen molar-refractivity contribution in [3.05, 3.63) is 88.9 Å². The van der Waals surface area contributed by atoms with E-state index >= 15 is 0 Å². The monoisotopic (exact) mass is 502 g/mol. The lowest BCUT2D eigenvalue weighted by atomic mass is 10.1. The highest BCUT2D eigenvalue weighted by Gasteiger charge is 2.27. The summed E-state index contributed by atoms with van der Waals surface area (Å²) in [5, 5.41) is 2.81. The Morgan fingerprint density at radius 1 is 0.971 bits per heavy atom. The van der Waals surface area contributed by atoms with Crippen LogP contribution in [0.1, 0.15) is 15.9 Å². The van der Waals surface area contributed by atoms with Gasteiger partial charge in [-0.2, -0.15) is 4.72 Å². The van der Waals surface area contributed by atoms with E-state index in [0.717, 1.165) is 5.56 Å². The first-order chi connectivity index (χ1) is 16.2. The number of carbonyl (C=O) groups excluding carboxylic acids is 2. The van der Waals surface area contributed by atoms with Crippen LogP contribution in [0, 0.1) is 0 Å². The summed E-state index contributed by atoms with van der Waals surface area (Å²) in [6.45, 7) is 0. The third-order valence-electron chi connectivity index (χ3n) is 4.90. The second-order valence-corrected chi connectivity index (χ2v) is 9.34. The summed E-state index contributed by atoms with van der Waals surface area (Å²) in [6, 6.07) is 18.0. The number of esters is 1. The Hall–Kier alpha value is -3.40. The zero-order valence-corrected chi connectivity index (χ0v) is 20.0. The summed E-state index contributed by atoms with van der Waals surface area (Å²) in [6.07, 6.45) is 0.107. The zero-order valence-electron chi connectivity index (χ0n) is 18.4. The molecular weight excluding hydrogens is 480 g/mol. The molecule has 0 heterocycles. The molecular formula is C24H23ClN2O6S. The van der Waals surface area contributed by atoms with Gasteiger partial charge in [-0.15, -0.1) is 0 Å². The summed E-state index contributed by atoms with van der Waals surface area (Å²) < 4.78 is 38.3. The van der Waals surface area contributed by atoms with Crippen molar-refractivity contribution in [2.75, 3.05) is 19.5 Å². The molecule has 34 heavy (non-hydrogen) atoms. The Bertz CT molecular complexity index is 1260. The minimum absolute atomic E-state index is 0.105. The van der Waals surface area contributed by atoms with Crippen LogP contribution in [0.5, 0.6) is 5.75 Å². The normalized spacial score (nSPS) is 12.0. The predicted molar refractivity (Wildman–Crippen MR) is 129 cm³/mol. The first kappa shape index (κ1) is 25.2. The Kier molecular flexibility index (Phi) is 8.27. The minimum Gasteiger partial charge on any atom is -0.495 e. The number of anilines is 1. The number of nitrogens with one attached hydrogen (secondary N) is 2. The van der Waals surface area contributed by atoms with Crippen LogP contribution in [0.2, 0.25) is 5.02 Å². The highest BCUT2D eigenvalue weighted by Crippen LogP contribution is 2.27. The molecule has 3 aromatic carbocycles. The number of ether oxygens (including phenoxy) is 2. The van der Waals surface area contributed by atoms with Gasteiger partial charge in [0.15, 0.2) is 0 Å². The van der Waals surface area contributed by atoms with Crippen LogP contribution in [-0.2, 0) is 26.0 Å². The lowest BCUT2D eigenvalue weighted by Gasteiger charge is -2.19. The maximum Gasteiger partial charge on any atom is 0.337 e. The van der Waals surface area contributed by atoms with Gasteiger partial charge >= 0.3 is 5.97 Å². The lowest BCUT2D eigenvalue weighted by molar-refractivity contribution is -0.117. The Morgan fingerprint density at radius 2 is 1.65 bits per heavy atom. The van der Waals surface area contributed by atoms with E-state index in [9.17, 15) is 18.0 Å². The van der Waals surface area contributed by atoms with E-state index in [1.54, 1.807) is 24.3 Å². The second-order valence-electron chi connectivity index (χ2n) is 7.22. The lowest BCUT2D eigenvalue weighted by Crippen LogP contribution is -2.45. The van der Waals surface area contributed by atoms with E-state index < -0.39 is 27.9 Å². The zero-order chi connectivity index (χ0) is 24.7. The quantitative estimate of drug-likeness (QED) is 0.432. The molecule has 0 unspecified atom stereocenters. The molecule has 10 heteroatoms. The molecule has 3 aromatic rings. The number of sulfonamides is 1. The van der Waals surface area contributed by atoms with E-state index in [0.29, 0.717) is 17.0 Å². The molecule has 8 nitrogen and oxygen atoms in total. The third kappa shape index (κ3) is 6.34. The highest BCUT2D eigenvalue weighted by atomic mass is 35.5. The molecule has 0 saturated heterocycles. The van der Waals surface area contributed by atoms with Crippen molar-refractivity contribution >= 4 is 39.2 Å². The first-order valence-corrected chi connectivity index (χ1v) is 12.0. The highest BCUT2D eigenvalue weighted by molar-refractivity contribution is 7.89. The number of hydrogen-bond donors (Lipinski definition) is 2. The van der Waals surface area contributed by atoms with Crippen molar-refractivity contribution in [3.63, 3.8) is 0 Å². The van der Waals surface area contributed by atoms with Gasteiger partial charge in [-0.3, -0.25) is 4.79 Å². The summed E-state index contributed by atoms with van der Waals surface area (Å²) in [4.78, 5) is 24.6. The average molecular weight is 503 g/mol. The van der Waals surface area contributed by atoms with Crippen molar-refractivity contribution in [3.8, 4) is 5.75 Å². The van der Waals surface area contributed by atoms with E-state index in [-0.39, 0.29) is 16.3 Å². The smallest absolute Gasteiger partial charge is 0.337 e. The number of rotatable bonds is 9. The van der Waals surface area contributed by atoms with Gasteiger partial charge in [0.1, 0.15) is 11.8 Å². The molecule has 0 spiro atoms. The molecule has 0 fully saturated rings. The van der Waals surface area contributed by atoms with E-state index in [2.05, 4.69) is 14.8 Å². The van der Waals surface area contributed by atoms with Gasteiger partial charge < -0.3 is 14.8 Å². The van der Waals surface area contributed by atoms with Gasteiger partial charge in [-0.05, 0) is 54.4 Å². The molecule has 0 aromatic heterocycles. The first-order valence-electron chi connectivity index (χ1n) is 10.1. The molecule has 2 N–H and O–H groups in total. The van der Waals surface area contributed by atoms with Gasteiger partial charge in [0.05, 0.1) is 29.7 Å². The molecule has 0 bridgehead atoms. The fourth-order valence-electron chi connectivity index (χ4n) is 3.14. The Labute approximate surface area is 202 Å².